The summed E-state index contributed by atoms with van der Waals surface area (Å²) in [6.07, 6.45) is 0.251. The molecule has 0 spiro atoms. The molecule has 1 amide bonds. The molecular weight excluding hydrogens is 425 g/mol. The lowest BCUT2D eigenvalue weighted by molar-refractivity contribution is -0.0248. The normalized spacial score (nSPS) is 16.3. The van der Waals surface area contributed by atoms with Gasteiger partial charge in [0, 0.05) is 30.1 Å². The van der Waals surface area contributed by atoms with Crippen LogP contribution in [0.3, 0.4) is 0 Å². The number of rotatable bonds is 6. The zero-order valence-corrected chi connectivity index (χ0v) is 18.2. The Balaban J connectivity index is 1.22. The van der Waals surface area contributed by atoms with Crippen LogP contribution < -0.4 is 4.74 Å². The molecule has 1 aliphatic heterocycles. The Kier molecular flexibility index (Phi) is 5.78. The quantitative estimate of drug-likeness (QED) is 0.469. The van der Waals surface area contributed by atoms with Crippen LogP contribution in [0.25, 0.3) is 10.9 Å². The molecule has 9 heteroatoms. The highest BCUT2D eigenvalue weighted by atomic mass is 19.1. The maximum atomic E-state index is 13.3. The summed E-state index contributed by atoms with van der Waals surface area (Å²) in [4.78, 5) is 14.9. The number of hydrogen-bond acceptors (Lipinski definition) is 5. The number of aromatic amines is 2. The fourth-order valence-electron chi connectivity index (χ4n) is 3.96. The second kappa shape index (κ2) is 9.03. The standard InChI is InChI=1S/C24H24FN5O3/c1-15-5-6-20-19(11-15)23(29-27-20)24(31)30-8-10-33-22(14-30)21-13-17(26-28-21)7-9-32-18-4-2-3-16(25)12-18/h2-6,11-13,22H,7-10,14H2,1H3,(H,26,28)(H,27,29). The summed E-state index contributed by atoms with van der Waals surface area (Å²) in [5, 5.41) is 15.4. The van der Waals surface area contributed by atoms with Crippen molar-refractivity contribution in [1.82, 2.24) is 25.3 Å². The van der Waals surface area contributed by atoms with Crippen LogP contribution in [0.15, 0.2) is 48.5 Å². The van der Waals surface area contributed by atoms with Crippen molar-refractivity contribution in [3.63, 3.8) is 0 Å². The van der Waals surface area contributed by atoms with Gasteiger partial charge >= 0.3 is 0 Å². The van der Waals surface area contributed by atoms with E-state index in [1.807, 2.05) is 31.2 Å². The van der Waals surface area contributed by atoms with Gasteiger partial charge in [0.2, 0.25) is 0 Å². The highest BCUT2D eigenvalue weighted by Crippen LogP contribution is 2.25. The van der Waals surface area contributed by atoms with E-state index in [0.29, 0.717) is 44.2 Å². The average molecular weight is 449 g/mol. The molecular formula is C24H24FN5O3. The van der Waals surface area contributed by atoms with Crippen molar-refractivity contribution < 1.29 is 18.7 Å². The number of aromatic nitrogens is 4. The van der Waals surface area contributed by atoms with Crippen molar-refractivity contribution in [2.24, 2.45) is 0 Å². The van der Waals surface area contributed by atoms with E-state index in [1.54, 1.807) is 17.0 Å². The average Bonchev–Trinajstić information content (AvgIpc) is 3.46. The third-order valence-electron chi connectivity index (χ3n) is 5.69. The summed E-state index contributed by atoms with van der Waals surface area (Å²) < 4.78 is 24.7. The molecule has 0 aliphatic carbocycles. The number of ether oxygens (including phenoxy) is 2. The highest BCUT2D eigenvalue weighted by molar-refractivity contribution is 6.04. The van der Waals surface area contributed by atoms with Crippen LogP contribution in [-0.2, 0) is 11.2 Å². The van der Waals surface area contributed by atoms with E-state index in [-0.39, 0.29) is 17.8 Å². The number of hydrogen-bond donors (Lipinski definition) is 2. The first-order valence-electron chi connectivity index (χ1n) is 10.8. The van der Waals surface area contributed by atoms with Crippen molar-refractivity contribution in [3.05, 3.63) is 77.0 Å². The van der Waals surface area contributed by atoms with E-state index < -0.39 is 0 Å². The number of halogens is 1. The summed E-state index contributed by atoms with van der Waals surface area (Å²) in [7, 11) is 0. The van der Waals surface area contributed by atoms with E-state index in [9.17, 15) is 9.18 Å². The molecule has 2 N–H and O–H groups in total. The molecule has 1 saturated heterocycles. The number of morpholine rings is 1. The van der Waals surface area contributed by atoms with Crippen molar-refractivity contribution in [3.8, 4) is 5.75 Å². The Bertz CT molecular complexity index is 1280. The van der Waals surface area contributed by atoms with Gasteiger partial charge in [-0.25, -0.2) is 4.39 Å². The van der Waals surface area contributed by atoms with Crippen LogP contribution in [0, 0.1) is 12.7 Å². The van der Waals surface area contributed by atoms with Gasteiger partial charge in [-0.1, -0.05) is 17.7 Å². The first kappa shape index (κ1) is 21.1. The molecule has 0 radical (unpaired) electrons. The lowest BCUT2D eigenvalue weighted by Crippen LogP contribution is -2.42. The maximum absolute atomic E-state index is 13.3. The van der Waals surface area contributed by atoms with Crippen LogP contribution in [0.5, 0.6) is 5.75 Å². The van der Waals surface area contributed by atoms with Gasteiger partial charge in [0.1, 0.15) is 17.7 Å². The molecule has 1 aliphatic rings. The van der Waals surface area contributed by atoms with Crippen molar-refractivity contribution in [1.29, 1.82) is 0 Å². The van der Waals surface area contributed by atoms with Crippen LogP contribution in [0.4, 0.5) is 4.39 Å². The predicted octanol–water partition coefficient (Wildman–Crippen LogP) is 3.57. The Hall–Kier alpha value is -3.72. The van der Waals surface area contributed by atoms with Crippen molar-refractivity contribution >= 4 is 16.8 Å². The lowest BCUT2D eigenvalue weighted by Gasteiger charge is -2.31. The maximum Gasteiger partial charge on any atom is 0.275 e. The summed E-state index contributed by atoms with van der Waals surface area (Å²) in [5.74, 6) is 0.0304. The Labute approximate surface area is 189 Å². The van der Waals surface area contributed by atoms with Gasteiger partial charge in [0.15, 0.2) is 5.69 Å². The minimum absolute atomic E-state index is 0.126. The summed E-state index contributed by atoms with van der Waals surface area (Å²) in [5.41, 5.74) is 3.94. The first-order chi connectivity index (χ1) is 16.1. The smallest absolute Gasteiger partial charge is 0.275 e. The van der Waals surface area contributed by atoms with Crippen LogP contribution in [0.1, 0.15) is 33.5 Å². The number of carbonyl (C=O) groups is 1. The molecule has 3 heterocycles. The van der Waals surface area contributed by atoms with E-state index in [0.717, 1.165) is 27.9 Å². The zero-order chi connectivity index (χ0) is 22.8. The van der Waals surface area contributed by atoms with Gasteiger partial charge < -0.3 is 14.4 Å². The Morgan fingerprint density at radius 3 is 3.00 bits per heavy atom. The van der Waals surface area contributed by atoms with E-state index in [4.69, 9.17) is 9.47 Å². The lowest BCUT2D eigenvalue weighted by atomic mass is 10.1. The molecule has 8 nitrogen and oxygen atoms in total. The number of nitrogens with one attached hydrogen (secondary N) is 2. The number of nitrogens with zero attached hydrogens (tertiary/aromatic N) is 3. The van der Waals surface area contributed by atoms with Gasteiger partial charge in [0.25, 0.3) is 5.91 Å². The van der Waals surface area contributed by atoms with Crippen molar-refractivity contribution in [2.45, 2.75) is 19.4 Å². The molecule has 1 unspecified atom stereocenters. The third kappa shape index (κ3) is 4.58. The van der Waals surface area contributed by atoms with Crippen LogP contribution >= 0.6 is 0 Å². The molecule has 2 aromatic heterocycles. The van der Waals surface area contributed by atoms with E-state index in [1.165, 1.54) is 12.1 Å². The minimum atomic E-state index is -0.331. The topological polar surface area (TPSA) is 96.1 Å². The monoisotopic (exact) mass is 449 g/mol. The fraction of sp³-hybridized carbons (Fsp3) is 0.292. The largest absolute Gasteiger partial charge is 0.493 e. The predicted molar refractivity (Wildman–Crippen MR) is 120 cm³/mol. The van der Waals surface area contributed by atoms with Gasteiger partial charge in [-0.05, 0) is 37.3 Å². The third-order valence-corrected chi connectivity index (χ3v) is 5.69. The SMILES string of the molecule is Cc1ccc2[nH]nc(C(=O)N3CCOC(c4cc(CCOc5cccc(F)c5)[nH]n4)C3)c2c1. The molecule has 1 atom stereocenters. The number of aryl methyl sites for hydroxylation is 1. The Morgan fingerprint density at radius 1 is 1.21 bits per heavy atom. The number of benzene rings is 2. The fourth-order valence-corrected chi connectivity index (χ4v) is 3.96. The second-order valence-electron chi connectivity index (χ2n) is 8.11. The number of H-pyrrole nitrogens is 2. The molecule has 1 fully saturated rings. The summed E-state index contributed by atoms with van der Waals surface area (Å²) in [6.45, 7) is 3.68. The van der Waals surface area contributed by atoms with Gasteiger partial charge in [-0.15, -0.1) is 0 Å². The number of carbonyl (C=O) groups excluding carboxylic acids is 1. The molecule has 33 heavy (non-hydrogen) atoms. The minimum Gasteiger partial charge on any atom is -0.493 e. The molecule has 0 saturated carbocycles. The summed E-state index contributed by atoms with van der Waals surface area (Å²) in [6, 6.07) is 13.9. The van der Waals surface area contributed by atoms with Crippen LogP contribution in [-0.4, -0.2) is 57.5 Å². The second-order valence-corrected chi connectivity index (χ2v) is 8.11. The number of fused-ring (bicyclic) bond motifs is 1. The molecule has 0 bridgehead atoms. The molecule has 4 aromatic rings. The zero-order valence-electron chi connectivity index (χ0n) is 18.2. The van der Waals surface area contributed by atoms with Crippen LogP contribution in [0.2, 0.25) is 0 Å². The number of amides is 1. The van der Waals surface area contributed by atoms with Gasteiger partial charge in [0.05, 0.1) is 31.0 Å². The Morgan fingerprint density at radius 2 is 2.12 bits per heavy atom. The molecule has 5 rings (SSSR count). The molecule has 2 aromatic carbocycles. The highest BCUT2D eigenvalue weighted by Gasteiger charge is 2.29. The first-order valence-corrected chi connectivity index (χ1v) is 10.8. The van der Waals surface area contributed by atoms with Crippen molar-refractivity contribution in [2.75, 3.05) is 26.3 Å². The van der Waals surface area contributed by atoms with E-state index in [2.05, 4.69) is 20.4 Å². The van der Waals surface area contributed by atoms with Gasteiger partial charge in [-0.2, -0.15) is 10.2 Å². The summed E-state index contributed by atoms with van der Waals surface area (Å²) >= 11 is 0. The molecule has 170 valence electrons. The van der Waals surface area contributed by atoms with E-state index >= 15 is 0 Å². The van der Waals surface area contributed by atoms with Gasteiger partial charge in [-0.3, -0.25) is 15.0 Å².